The van der Waals surface area contributed by atoms with Crippen molar-refractivity contribution < 1.29 is 9.67 Å². The molecule has 0 aromatic heterocycles. The van der Waals surface area contributed by atoms with Crippen molar-refractivity contribution in [1.29, 1.82) is 0 Å². The van der Waals surface area contributed by atoms with E-state index in [1.807, 2.05) is 78.9 Å². The van der Waals surface area contributed by atoms with Crippen LogP contribution in [0.25, 0.3) is 0 Å². The van der Waals surface area contributed by atoms with Crippen LogP contribution < -0.4 is 10.6 Å². The smallest absolute Gasteiger partial charge is 0.207 e. The third-order valence-electron chi connectivity index (χ3n) is 5.68. The van der Waals surface area contributed by atoms with Crippen molar-refractivity contribution >= 4 is 17.9 Å². The van der Waals surface area contributed by atoms with Crippen LogP contribution in [0.4, 0.5) is 0 Å². The Morgan fingerprint density at radius 3 is 1.82 bits per heavy atom. The molecule has 1 fully saturated rings. The number of hydrogen-bond acceptors (Lipinski definition) is 2. The van der Waals surface area contributed by atoms with Crippen molar-refractivity contribution in [2.24, 2.45) is 5.92 Å². The second kappa shape index (κ2) is 8.45. The van der Waals surface area contributed by atoms with Gasteiger partial charge >= 0.3 is 0 Å². The summed E-state index contributed by atoms with van der Waals surface area (Å²) >= 11 is 0. The van der Waals surface area contributed by atoms with E-state index in [4.69, 9.17) is 0 Å². The van der Waals surface area contributed by atoms with Crippen LogP contribution in [-0.2, 0) is 4.57 Å². The predicted molar refractivity (Wildman–Crippen MR) is 115 cm³/mol. The molecule has 2 atom stereocenters. The molecule has 3 aromatic rings. The third-order valence-corrected chi connectivity index (χ3v) is 8.85. The maximum absolute atomic E-state index is 14.9. The first kappa shape index (κ1) is 19.1. The van der Waals surface area contributed by atoms with Gasteiger partial charge in [0.15, 0.2) is 0 Å². The molecule has 0 saturated carbocycles. The summed E-state index contributed by atoms with van der Waals surface area (Å²) in [7, 11) is -3.05. The lowest BCUT2D eigenvalue weighted by molar-refractivity contribution is 0.109. The van der Waals surface area contributed by atoms with Crippen LogP contribution in [0.15, 0.2) is 91.0 Å². The first-order valence-electron chi connectivity index (χ1n) is 9.89. The van der Waals surface area contributed by atoms with Gasteiger partial charge in [0.2, 0.25) is 7.29 Å². The first-order chi connectivity index (χ1) is 13.7. The monoisotopic (exact) mass is 391 g/mol. The van der Waals surface area contributed by atoms with Crippen molar-refractivity contribution in [2.45, 2.75) is 18.9 Å². The molecule has 0 spiro atoms. The lowest BCUT2D eigenvalue weighted by Gasteiger charge is -2.45. The van der Waals surface area contributed by atoms with E-state index in [2.05, 4.69) is 16.8 Å². The van der Waals surface area contributed by atoms with E-state index in [1.54, 1.807) is 0 Å². The van der Waals surface area contributed by atoms with Crippen LogP contribution in [0.3, 0.4) is 0 Å². The van der Waals surface area contributed by atoms with Gasteiger partial charge in [0.05, 0.1) is 0 Å². The van der Waals surface area contributed by atoms with E-state index in [0.717, 1.165) is 35.6 Å². The largest absolute Gasteiger partial charge is 0.396 e. The van der Waals surface area contributed by atoms with Crippen LogP contribution in [0.5, 0.6) is 0 Å². The average molecular weight is 391 g/mol. The van der Waals surface area contributed by atoms with E-state index in [1.165, 1.54) is 0 Å². The fraction of sp³-hybridized carbons (Fsp3) is 0.250. The number of hydrogen-bond donors (Lipinski definition) is 1. The number of aliphatic hydroxyl groups is 1. The fourth-order valence-electron chi connectivity index (χ4n) is 4.36. The molecule has 0 amide bonds. The Bertz CT molecular complexity index is 887. The van der Waals surface area contributed by atoms with Crippen molar-refractivity contribution in [2.75, 3.05) is 13.2 Å². The molecule has 28 heavy (non-hydrogen) atoms. The molecule has 0 bridgehead atoms. The standard InChI is InChI=1S/C24H26NO2P/c26-19-21-13-10-18-25(24(21)20-11-4-1-5-12-20)28(27,22-14-6-2-7-15-22)23-16-8-3-9-17-23/h1-9,11-12,14-17,21,24,26H,10,13,18-19H2/t21-,24-/m0/s1. The normalized spacial score (nSPS) is 20.8. The molecule has 4 rings (SSSR count). The minimum absolute atomic E-state index is 0.0666. The Morgan fingerprint density at radius 1 is 0.821 bits per heavy atom. The van der Waals surface area contributed by atoms with Gasteiger partial charge in [-0.2, -0.15) is 0 Å². The van der Waals surface area contributed by atoms with Gasteiger partial charge in [-0.3, -0.25) is 4.57 Å². The molecule has 0 unspecified atom stereocenters. The van der Waals surface area contributed by atoms with E-state index in [-0.39, 0.29) is 18.6 Å². The summed E-state index contributed by atoms with van der Waals surface area (Å²) in [6.07, 6.45) is 1.87. The lowest BCUT2D eigenvalue weighted by Crippen LogP contribution is -2.42. The molecule has 1 saturated heterocycles. The second-order valence-corrected chi connectivity index (χ2v) is 10.0. The summed E-state index contributed by atoms with van der Waals surface area (Å²) in [6.45, 7) is 0.844. The predicted octanol–water partition coefficient (Wildman–Crippen LogP) is 4.36. The lowest BCUT2D eigenvalue weighted by atomic mass is 9.87. The molecule has 1 aliphatic heterocycles. The Morgan fingerprint density at radius 2 is 1.32 bits per heavy atom. The van der Waals surface area contributed by atoms with Crippen LogP contribution in [-0.4, -0.2) is 22.9 Å². The zero-order valence-electron chi connectivity index (χ0n) is 15.9. The Labute approximate surface area is 167 Å². The van der Waals surface area contributed by atoms with Crippen LogP contribution in [0, 0.1) is 5.92 Å². The Kier molecular flexibility index (Phi) is 5.77. The number of aliphatic hydroxyl groups excluding tert-OH is 1. The number of rotatable bonds is 5. The molecule has 0 aliphatic carbocycles. The third kappa shape index (κ3) is 3.46. The van der Waals surface area contributed by atoms with Gasteiger partial charge in [-0.05, 0) is 42.7 Å². The van der Waals surface area contributed by atoms with Crippen molar-refractivity contribution in [3.63, 3.8) is 0 Å². The fourth-order valence-corrected chi connectivity index (χ4v) is 7.50. The summed E-state index contributed by atoms with van der Waals surface area (Å²) in [5, 5.41) is 11.8. The van der Waals surface area contributed by atoms with Crippen molar-refractivity contribution in [1.82, 2.24) is 4.67 Å². The summed E-state index contributed by atoms with van der Waals surface area (Å²) in [6, 6.07) is 29.8. The molecule has 1 N–H and O–H groups in total. The Hall–Kier alpha value is -2.19. The zero-order chi connectivity index (χ0) is 19.4. The van der Waals surface area contributed by atoms with Crippen LogP contribution in [0.1, 0.15) is 24.4 Å². The van der Waals surface area contributed by atoms with E-state index in [0.29, 0.717) is 0 Å². The van der Waals surface area contributed by atoms with Crippen LogP contribution >= 0.6 is 7.29 Å². The summed E-state index contributed by atoms with van der Waals surface area (Å²) < 4.78 is 17.0. The molecule has 3 aromatic carbocycles. The molecular formula is C24H26NO2P. The van der Waals surface area contributed by atoms with Crippen molar-refractivity contribution in [3.8, 4) is 0 Å². The topological polar surface area (TPSA) is 40.5 Å². The Balaban J connectivity index is 1.90. The molecule has 3 nitrogen and oxygen atoms in total. The maximum Gasteiger partial charge on any atom is 0.207 e. The summed E-state index contributed by atoms with van der Waals surface area (Å²) in [5.41, 5.74) is 1.12. The summed E-state index contributed by atoms with van der Waals surface area (Å²) in [4.78, 5) is 0. The molecule has 144 valence electrons. The van der Waals surface area contributed by atoms with Crippen LogP contribution in [0.2, 0.25) is 0 Å². The van der Waals surface area contributed by atoms with Gasteiger partial charge in [0.1, 0.15) is 0 Å². The van der Waals surface area contributed by atoms with Gasteiger partial charge in [0.25, 0.3) is 0 Å². The summed E-state index contributed by atoms with van der Waals surface area (Å²) in [5.74, 6) is 0.0666. The highest BCUT2D eigenvalue weighted by Gasteiger charge is 2.44. The van der Waals surface area contributed by atoms with E-state index >= 15 is 0 Å². The highest BCUT2D eigenvalue weighted by molar-refractivity contribution is 7.76. The minimum Gasteiger partial charge on any atom is -0.396 e. The number of piperidine rings is 1. The quantitative estimate of drug-likeness (QED) is 0.657. The van der Waals surface area contributed by atoms with Gasteiger partial charge in [-0.25, -0.2) is 4.67 Å². The van der Waals surface area contributed by atoms with E-state index in [9.17, 15) is 9.67 Å². The second-order valence-electron chi connectivity index (χ2n) is 7.35. The van der Waals surface area contributed by atoms with Gasteiger partial charge in [-0.1, -0.05) is 66.7 Å². The van der Waals surface area contributed by atoms with Gasteiger partial charge in [0, 0.05) is 35.7 Å². The highest BCUT2D eigenvalue weighted by Crippen LogP contribution is 2.55. The van der Waals surface area contributed by atoms with Gasteiger partial charge < -0.3 is 5.11 Å². The zero-order valence-corrected chi connectivity index (χ0v) is 16.8. The number of benzene rings is 3. The molecular weight excluding hydrogens is 365 g/mol. The van der Waals surface area contributed by atoms with Gasteiger partial charge in [-0.15, -0.1) is 0 Å². The average Bonchev–Trinajstić information content (AvgIpc) is 2.79. The minimum atomic E-state index is -3.05. The maximum atomic E-state index is 14.9. The molecule has 0 radical (unpaired) electrons. The van der Waals surface area contributed by atoms with E-state index < -0.39 is 7.29 Å². The number of nitrogens with zero attached hydrogens (tertiary/aromatic N) is 1. The molecule has 4 heteroatoms. The molecule has 1 heterocycles. The van der Waals surface area contributed by atoms with Crippen molar-refractivity contribution in [3.05, 3.63) is 96.6 Å². The first-order valence-corrected chi connectivity index (χ1v) is 11.6. The SMILES string of the molecule is O=P(c1ccccc1)(c1ccccc1)N1CCC[C@@H](CO)[C@@H]1c1ccccc1. The highest BCUT2D eigenvalue weighted by atomic mass is 31.2. The molecule has 1 aliphatic rings.